The fourth-order valence-electron chi connectivity index (χ4n) is 1.46. The number of rotatable bonds is 2. The average Bonchev–Trinajstić information content (AvgIpc) is 2.43. The molecule has 0 atom stereocenters. The van der Waals surface area contributed by atoms with E-state index in [0.717, 1.165) is 0 Å². The molecule has 0 saturated heterocycles. The monoisotopic (exact) mass is 384 g/mol. The van der Waals surface area contributed by atoms with E-state index in [0.29, 0.717) is 17.7 Å². The molecule has 0 saturated carbocycles. The Bertz CT molecular complexity index is 663. The van der Waals surface area contributed by atoms with Crippen LogP contribution in [-0.2, 0) is 17.0 Å². The van der Waals surface area contributed by atoms with E-state index in [1.165, 1.54) is 6.07 Å². The van der Waals surface area contributed by atoms with Crippen molar-refractivity contribution in [2.75, 3.05) is 0 Å². The summed E-state index contributed by atoms with van der Waals surface area (Å²) in [6.07, 6.45) is 0. The summed E-state index contributed by atoms with van der Waals surface area (Å²) in [5, 5.41) is 16.6. The number of nitrogens with zero attached hydrogens (tertiary/aromatic N) is 2. The van der Waals surface area contributed by atoms with Gasteiger partial charge in [0.25, 0.3) is 0 Å². The molecule has 0 unspecified atom stereocenters. The average molecular weight is 385 g/mol. The zero-order chi connectivity index (χ0) is 16.7. The molecule has 2 aromatic rings. The maximum atomic E-state index is 13.3. The van der Waals surface area contributed by atoms with Crippen molar-refractivity contribution in [3.8, 4) is 5.75 Å². The van der Waals surface area contributed by atoms with Crippen molar-refractivity contribution in [1.82, 2.24) is 0 Å². The zero-order valence-corrected chi connectivity index (χ0v) is 14.2. The van der Waals surface area contributed by atoms with Gasteiger partial charge in [-0.15, -0.1) is 10.2 Å². The van der Waals surface area contributed by atoms with Gasteiger partial charge in [0.1, 0.15) is 17.3 Å². The third-order valence-electron chi connectivity index (χ3n) is 2.46. The molecular formula is C13H9Cl2F3N2OTi. The summed E-state index contributed by atoms with van der Waals surface area (Å²) in [6.45, 7) is 1.65. The van der Waals surface area contributed by atoms with E-state index < -0.39 is 40.2 Å². The van der Waals surface area contributed by atoms with E-state index in [1.807, 2.05) is 0 Å². The topological polar surface area (TPSA) is 45.0 Å². The Morgan fingerprint density at radius 2 is 1.59 bits per heavy atom. The molecule has 0 aliphatic heterocycles. The van der Waals surface area contributed by atoms with Gasteiger partial charge in [-0.1, -0.05) is 12.1 Å². The molecule has 1 N–H and O–H groups in total. The first-order chi connectivity index (χ1) is 10.4. The van der Waals surface area contributed by atoms with E-state index in [2.05, 4.69) is 10.2 Å². The molecule has 0 aliphatic carbocycles. The normalized spacial score (nSPS) is 10.3. The second-order valence-corrected chi connectivity index (χ2v) is 6.51. The Hall–Kier alpha value is -1.08. The van der Waals surface area contributed by atoms with Crippen molar-refractivity contribution in [2.45, 2.75) is 6.92 Å². The fraction of sp³-hybridized carbons (Fsp3) is 0.0769. The number of aromatic hydroxyl groups is 1. The maximum absolute atomic E-state index is 13.3. The van der Waals surface area contributed by atoms with E-state index in [-0.39, 0.29) is 11.4 Å². The van der Waals surface area contributed by atoms with Crippen LogP contribution in [0.4, 0.5) is 24.5 Å². The molecule has 0 aromatic heterocycles. The Kier molecular flexibility index (Phi) is 7.89. The van der Waals surface area contributed by atoms with Crippen LogP contribution < -0.4 is 0 Å². The van der Waals surface area contributed by atoms with Gasteiger partial charge in [-0.3, -0.25) is 0 Å². The van der Waals surface area contributed by atoms with E-state index in [9.17, 15) is 18.3 Å². The van der Waals surface area contributed by atoms with E-state index >= 15 is 0 Å². The van der Waals surface area contributed by atoms with Crippen LogP contribution in [0.15, 0.2) is 40.6 Å². The molecule has 0 spiro atoms. The van der Waals surface area contributed by atoms with Crippen LogP contribution in [0, 0.1) is 24.4 Å². The van der Waals surface area contributed by atoms with Crippen molar-refractivity contribution < 1.29 is 35.3 Å². The molecule has 0 radical (unpaired) electrons. The number of phenols is 1. The quantitative estimate of drug-likeness (QED) is 0.507. The number of benzene rings is 2. The zero-order valence-electron chi connectivity index (χ0n) is 11.1. The predicted molar refractivity (Wildman–Crippen MR) is 75.0 cm³/mol. The van der Waals surface area contributed by atoms with Crippen molar-refractivity contribution in [2.24, 2.45) is 10.2 Å². The Balaban J connectivity index is 0.000000745. The number of para-hydroxylation sites is 1. The summed E-state index contributed by atoms with van der Waals surface area (Å²) < 4.78 is 39.3. The summed E-state index contributed by atoms with van der Waals surface area (Å²) in [4.78, 5) is 0. The van der Waals surface area contributed by atoms with E-state index in [1.54, 1.807) is 19.1 Å². The van der Waals surface area contributed by atoms with Gasteiger partial charge < -0.3 is 5.11 Å². The first-order valence-corrected chi connectivity index (χ1v) is 10.0. The summed E-state index contributed by atoms with van der Waals surface area (Å²) in [6, 6.07) is 5.71. The van der Waals surface area contributed by atoms with E-state index in [4.69, 9.17) is 18.6 Å². The molecular weight excluding hydrogens is 376 g/mol. The van der Waals surface area contributed by atoms with Crippen molar-refractivity contribution >= 4 is 30.0 Å². The number of hydrogen-bond donors (Lipinski definition) is 1. The van der Waals surface area contributed by atoms with Crippen molar-refractivity contribution in [1.29, 1.82) is 0 Å². The molecule has 2 rings (SSSR count). The molecule has 0 heterocycles. The van der Waals surface area contributed by atoms with Crippen LogP contribution in [0.5, 0.6) is 5.75 Å². The molecule has 3 nitrogen and oxygen atoms in total. The van der Waals surface area contributed by atoms with Gasteiger partial charge in [-0.25, -0.2) is 13.2 Å². The number of halogens is 5. The Morgan fingerprint density at radius 1 is 1.05 bits per heavy atom. The Labute approximate surface area is 141 Å². The molecule has 0 aliphatic rings. The van der Waals surface area contributed by atoms with Gasteiger partial charge in [0, 0.05) is 12.1 Å². The van der Waals surface area contributed by atoms with Gasteiger partial charge in [-0.2, -0.15) is 0 Å². The molecule has 0 bridgehead atoms. The van der Waals surface area contributed by atoms with Crippen LogP contribution in [0.3, 0.4) is 0 Å². The summed E-state index contributed by atoms with van der Waals surface area (Å²) >= 11 is -0.556. The molecule has 9 heteroatoms. The van der Waals surface area contributed by atoms with Gasteiger partial charge in [0.2, 0.25) is 0 Å². The SMILES string of the molecule is Cc1cccc(N=Nc2c(F)cc(F)cc2F)c1O.[Cl][Ti][Cl]. The predicted octanol–water partition coefficient (Wildman–Crippen LogP) is 5.91. The van der Waals surface area contributed by atoms with Crippen LogP contribution in [-0.4, -0.2) is 5.11 Å². The number of phenolic OH excluding ortho intramolecular Hbond substituents is 1. The van der Waals surface area contributed by atoms with Crippen LogP contribution in [0.2, 0.25) is 0 Å². The van der Waals surface area contributed by atoms with Gasteiger partial charge in [0.15, 0.2) is 17.3 Å². The van der Waals surface area contributed by atoms with Gasteiger partial charge in [-0.05, 0) is 18.6 Å². The van der Waals surface area contributed by atoms with Crippen molar-refractivity contribution in [3.05, 3.63) is 53.3 Å². The van der Waals surface area contributed by atoms with Crippen LogP contribution >= 0.6 is 18.6 Å². The summed E-state index contributed by atoms with van der Waals surface area (Å²) in [7, 11) is 9.78. The summed E-state index contributed by atoms with van der Waals surface area (Å²) in [5.74, 6) is -3.48. The van der Waals surface area contributed by atoms with Gasteiger partial charge >= 0.3 is 35.6 Å². The van der Waals surface area contributed by atoms with Crippen LogP contribution in [0.1, 0.15) is 5.56 Å². The molecule has 116 valence electrons. The third-order valence-corrected chi connectivity index (χ3v) is 2.46. The molecule has 0 fully saturated rings. The minimum atomic E-state index is -1.16. The van der Waals surface area contributed by atoms with Crippen molar-refractivity contribution in [3.63, 3.8) is 0 Å². The number of azo groups is 1. The third kappa shape index (κ3) is 5.28. The summed E-state index contributed by atoms with van der Waals surface area (Å²) in [5.41, 5.74) is -0.0815. The number of hydrogen-bond acceptors (Lipinski definition) is 3. The second-order valence-electron chi connectivity index (χ2n) is 3.93. The Morgan fingerprint density at radius 3 is 2.14 bits per heavy atom. The minimum absolute atomic E-state index is 0.0723. The molecule has 22 heavy (non-hydrogen) atoms. The van der Waals surface area contributed by atoms with Gasteiger partial charge in [0.05, 0.1) is 0 Å². The van der Waals surface area contributed by atoms with Crippen LogP contribution in [0.25, 0.3) is 0 Å². The molecule has 2 aromatic carbocycles. The standard InChI is InChI=1S/C13H9F3N2O.2ClH.Ti/c1-7-3-2-4-11(13(7)19)17-18-12-9(15)5-8(14)6-10(12)16;;;/h2-6,19H,1H3;2*1H;/q;;;+2/p-2. The number of aryl methyl sites for hydroxylation is 1. The first kappa shape index (κ1) is 19.0. The second kappa shape index (κ2) is 9.15. The first-order valence-electron chi connectivity index (χ1n) is 5.71. The molecule has 0 amide bonds. The fourth-order valence-corrected chi connectivity index (χ4v) is 1.46.